The molecule has 0 spiro atoms. The summed E-state index contributed by atoms with van der Waals surface area (Å²) in [6.45, 7) is 8.10. The predicted molar refractivity (Wildman–Crippen MR) is 148 cm³/mol. The van der Waals surface area contributed by atoms with Gasteiger partial charge in [0.05, 0.1) is 12.6 Å². The fourth-order valence-corrected chi connectivity index (χ4v) is 4.45. The second kappa shape index (κ2) is 11.5. The lowest BCUT2D eigenvalue weighted by atomic mass is 9.95. The first-order valence-electron chi connectivity index (χ1n) is 13.0. The van der Waals surface area contributed by atoms with Gasteiger partial charge in [-0.3, -0.25) is 9.59 Å². The number of hydrogen-bond acceptors (Lipinski definition) is 4. The number of hydrogen-bond donors (Lipinski definition) is 2. The summed E-state index contributed by atoms with van der Waals surface area (Å²) in [6, 6.07) is 23.0. The van der Waals surface area contributed by atoms with Gasteiger partial charge in [-0.2, -0.15) is 0 Å². The Bertz CT molecular complexity index is 1290. The number of benzene rings is 3. The van der Waals surface area contributed by atoms with E-state index in [1.54, 1.807) is 17.0 Å². The maximum atomic E-state index is 12.8. The largest absolute Gasteiger partial charge is 0.444 e. The minimum absolute atomic E-state index is 0.176. The molecule has 3 aromatic carbocycles. The standard InChI is InChI=1S/C31H35N3O4/c1-5-21-10-12-22(13-11-21)23-14-16-24(17-15-23)29(36)32-18-28(35)33-27-20-34(30(37)38-31(2,3)4)19-25-8-6-7-9-26(25)27/h6-17,27H,5,18-20H2,1-4H3,(H,32,36)(H,33,35). The van der Waals surface area contributed by atoms with Crippen LogP contribution in [0.25, 0.3) is 11.1 Å². The van der Waals surface area contributed by atoms with Crippen molar-refractivity contribution in [1.82, 2.24) is 15.5 Å². The van der Waals surface area contributed by atoms with Crippen molar-refractivity contribution >= 4 is 17.9 Å². The molecule has 4 rings (SSSR count). The van der Waals surface area contributed by atoms with E-state index in [1.807, 2.05) is 57.2 Å². The molecule has 0 saturated heterocycles. The summed E-state index contributed by atoms with van der Waals surface area (Å²) in [7, 11) is 0. The number of aryl methyl sites for hydroxylation is 1. The number of ether oxygens (including phenoxy) is 1. The molecule has 2 N–H and O–H groups in total. The number of carbonyl (C=O) groups is 3. The van der Waals surface area contributed by atoms with Gasteiger partial charge in [-0.15, -0.1) is 0 Å². The number of carbonyl (C=O) groups excluding carboxylic acids is 3. The van der Waals surface area contributed by atoms with Crippen LogP contribution < -0.4 is 10.6 Å². The summed E-state index contributed by atoms with van der Waals surface area (Å²) in [6.07, 6.45) is 0.562. The lowest BCUT2D eigenvalue weighted by Gasteiger charge is -2.36. The van der Waals surface area contributed by atoms with Crippen LogP contribution in [-0.4, -0.2) is 41.5 Å². The molecular formula is C31H35N3O4. The first kappa shape index (κ1) is 26.9. The highest BCUT2D eigenvalue weighted by molar-refractivity contribution is 5.97. The third-order valence-corrected chi connectivity index (χ3v) is 6.43. The Morgan fingerprint density at radius 2 is 1.55 bits per heavy atom. The normalized spacial score (nSPS) is 14.8. The van der Waals surface area contributed by atoms with Crippen molar-refractivity contribution < 1.29 is 19.1 Å². The molecule has 3 aromatic rings. The van der Waals surface area contributed by atoms with E-state index >= 15 is 0 Å². The molecule has 0 aliphatic carbocycles. The maximum Gasteiger partial charge on any atom is 0.410 e. The zero-order chi connectivity index (χ0) is 27.3. The van der Waals surface area contributed by atoms with E-state index in [2.05, 4.69) is 41.8 Å². The van der Waals surface area contributed by atoms with E-state index in [1.165, 1.54) is 5.56 Å². The molecule has 0 bridgehead atoms. The number of nitrogens with one attached hydrogen (secondary N) is 2. The number of amides is 3. The minimum atomic E-state index is -0.616. The van der Waals surface area contributed by atoms with Crippen molar-refractivity contribution in [2.75, 3.05) is 13.1 Å². The lowest BCUT2D eigenvalue weighted by Crippen LogP contribution is -2.47. The molecule has 3 amide bonds. The molecule has 7 nitrogen and oxygen atoms in total. The molecule has 0 fully saturated rings. The highest BCUT2D eigenvalue weighted by atomic mass is 16.6. The van der Waals surface area contributed by atoms with Gasteiger partial charge in [0, 0.05) is 18.7 Å². The van der Waals surface area contributed by atoms with Crippen molar-refractivity contribution in [2.45, 2.75) is 52.3 Å². The van der Waals surface area contributed by atoms with Crippen LogP contribution in [0.2, 0.25) is 0 Å². The van der Waals surface area contributed by atoms with E-state index in [0.29, 0.717) is 12.1 Å². The summed E-state index contributed by atoms with van der Waals surface area (Å²) in [4.78, 5) is 39.8. The van der Waals surface area contributed by atoms with Crippen LogP contribution in [-0.2, 0) is 22.5 Å². The van der Waals surface area contributed by atoms with E-state index < -0.39 is 17.7 Å². The highest BCUT2D eigenvalue weighted by Gasteiger charge is 2.31. The van der Waals surface area contributed by atoms with Gasteiger partial charge in [-0.25, -0.2) is 4.79 Å². The molecule has 1 atom stereocenters. The smallest absolute Gasteiger partial charge is 0.410 e. The number of nitrogens with zero attached hydrogens (tertiary/aromatic N) is 1. The SMILES string of the molecule is CCc1ccc(-c2ccc(C(=O)NCC(=O)NC3CN(C(=O)OC(C)(C)C)Cc4ccccc43)cc2)cc1. The van der Waals surface area contributed by atoms with Gasteiger partial charge in [0.2, 0.25) is 5.91 Å². The zero-order valence-corrected chi connectivity index (χ0v) is 22.4. The summed E-state index contributed by atoms with van der Waals surface area (Å²) in [5.41, 5.74) is 5.14. The molecular weight excluding hydrogens is 478 g/mol. The Labute approximate surface area is 224 Å². The van der Waals surface area contributed by atoms with Crippen molar-refractivity contribution in [3.8, 4) is 11.1 Å². The average Bonchev–Trinajstić information content (AvgIpc) is 2.91. The fourth-order valence-electron chi connectivity index (χ4n) is 4.45. The summed E-state index contributed by atoms with van der Waals surface area (Å²) >= 11 is 0. The quantitative estimate of drug-likeness (QED) is 0.471. The van der Waals surface area contributed by atoms with Crippen LogP contribution in [0.1, 0.15) is 60.8 Å². The second-order valence-electron chi connectivity index (χ2n) is 10.5. The number of fused-ring (bicyclic) bond motifs is 1. The van der Waals surface area contributed by atoms with Gasteiger partial charge in [-0.1, -0.05) is 67.6 Å². The molecule has 0 aromatic heterocycles. The third kappa shape index (κ3) is 6.79. The van der Waals surface area contributed by atoms with Gasteiger partial charge < -0.3 is 20.3 Å². The van der Waals surface area contributed by atoms with Crippen molar-refractivity contribution in [2.24, 2.45) is 0 Å². The Hall–Kier alpha value is -4.13. The van der Waals surface area contributed by atoms with E-state index in [0.717, 1.165) is 28.7 Å². The summed E-state index contributed by atoms with van der Waals surface area (Å²) in [5.74, 6) is -0.663. The van der Waals surface area contributed by atoms with Crippen LogP contribution in [0.5, 0.6) is 0 Å². The molecule has 1 heterocycles. The lowest BCUT2D eigenvalue weighted by molar-refractivity contribution is -0.121. The molecule has 38 heavy (non-hydrogen) atoms. The maximum absolute atomic E-state index is 12.8. The topological polar surface area (TPSA) is 87.7 Å². The van der Waals surface area contributed by atoms with Crippen LogP contribution in [0.4, 0.5) is 4.79 Å². The van der Waals surface area contributed by atoms with Crippen molar-refractivity contribution in [1.29, 1.82) is 0 Å². The van der Waals surface area contributed by atoms with E-state index in [4.69, 9.17) is 4.74 Å². The molecule has 198 valence electrons. The minimum Gasteiger partial charge on any atom is -0.444 e. The summed E-state index contributed by atoms with van der Waals surface area (Å²) in [5, 5.41) is 5.66. The van der Waals surface area contributed by atoms with Gasteiger partial charge >= 0.3 is 6.09 Å². The molecule has 1 unspecified atom stereocenters. The van der Waals surface area contributed by atoms with Crippen LogP contribution in [0.15, 0.2) is 72.8 Å². The first-order chi connectivity index (χ1) is 18.1. The molecule has 7 heteroatoms. The van der Waals surface area contributed by atoms with Crippen LogP contribution >= 0.6 is 0 Å². The molecule has 0 radical (unpaired) electrons. The van der Waals surface area contributed by atoms with E-state index in [-0.39, 0.29) is 24.9 Å². The Morgan fingerprint density at radius 1 is 0.921 bits per heavy atom. The second-order valence-corrected chi connectivity index (χ2v) is 10.5. The van der Waals surface area contributed by atoms with Gasteiger partial charge in [0.1, 0.15) is 5.60 Å². The Morgan fingerprint density at radius 3 is 2.18 bits per heavy atom. The van der Waals surface area contributed by atoms with E-state index in [9.17, 15) is 14.4 Å². The first-order valence-corrected chi connectivity index (χ1v) is 13.0. The molecule has 1 aliphatic rings. The number of rotatable bonds is 6. The highest BCUT2D eigenvalue weighted by Crippen LogP contribution is 2.27. The van der Waals surface area contributed by atoms with Gasteiger partial charge in [0.15, 0.2) is 0 Å². The summed E-state index contributed by atoms with van der Waals surface area (Å²) < 4.78 is 5.54. The predicted octanol–water partition coefficient (Wildman–Crippen LogP) is 5.25. The Kier molecular flexibility index (Phi) is 8.15. The van der Waals surface area contributed by atoms with Crippen LogP contribution in [0, 0.1) is 0 Å². The molecule has 0 saturated carbocycles. The monoisotopic (exact) mass is 513 g/mol. The van der Waals surface area contributed by atoms with Crippen LogP contribution in [0.3, 0.4) is 0 Å². The molecule has 1 aliphatic heterocycles. The van der Waals surface area contributed by atoms with Crippen molar-refractivity contribution in [3.05, 3.63) is 95.1 Å². The average molecular weight is 514 g/mol. The van der Waals surface area contributed by atoms with Gasteiger partial charge in [-0.05, 0) is 67.1 Å². The Balaban J connectivity index is 1.35. The fraction of sp³-hybridized carbons (Fsp3) is 0.323. The third-order valence-electron chi connectivity index (χ3n) is 6.43. The van der Waals surface area contributed by atoms with Crippen molar-refractivity contribution in [3.63, 3.8) is 0 Å². The zero-order valence-electron chi connectivity index (χ0n) is 22.4. The van der Waals surface area contributed by atoms with Gasteiger partial charge in [0.25, 0.3) is 5.91 Å².